The number of hydrogen-bond acceptors (Lipinski definition) is 2. The summed E-state index contributed by atoms with van der Waals surface area (Å²) in [6.45, 7) is 0. The van der Waals surface area contributed by atoms with Crippen LogP contribution in [0.3, 0.4) is 0 Å². The Morgan fingerprint density at radius 2 is 1.76 bits per heavy atom. The number of fused-ring (bicyclic) bond motifs is 1. The van der Waals surface area contributed by atoms with Gasteiger partial charge in [-0.3, -0.25) is 4.79 Å². The van der Waals surface area contributed by atoms with E-state index in [1.54, 1.807) is 18.2 Å². The lowest BCUT2D eigenvalue weighted by molar-refractivity contribution is 0.112. The lowest BCUT2D eigenvalue weighted by Gasteiger charge is -1.99. The highest BCUT2D eigenvalue weighted by atomic mass is 19.1. The molecule has 1 heterocycles. The summed E-state index contributed by atoms with van der Waals surface area (Å²) in [6.07, 6.45) is 4.58. The van der Waals surface area contributed by atoms with Gasteiger partial charge < -0.3 is 0 Å². The topological polar surface area (TPSA) is 30.0 Å². The van der Waals surface area contributed by atoms with Crippen LogP contribution in [-0.4, -0.2) is 11.3 Å². The van der Waals surface area contributed by atoms with Gasteiger partial charge in [-0.1, -0.05) is 30.3 Å². The van der Waals surface area contributed by atoms with Crippen LogP contribution in [0.4, 0.5) is 4.39 Å². The van der Waals surface area contributed by atoms with Gasteiger partial charge in [0.05, 0.1) is 11.2 Å². The van der Waals surface area contributed by atoms with Crippen molar-refractivity contribution < 1.29 is 9.18 Å². The number of halogens is 1. The predicted molar refractivity (Wildman–Crippen MR) is 82.5 cm³/mol. The first kappa shape index (κ1) is 13.2. The van der Waals surface area contributed by atoms with E-state index in [2.05, 4.69) is 4.98 Å². The Hall–Kier alpha value is -2.81. The quantitative estimate of drug-likeness (QED) is 0.666. The van der Waals surface area contributed by atoms with Gasteiger partial charge in [-0.05, 0) is 42.0 Å². The highest BCUT2D eigenvalue weighted by Crippen LogP contribution is 2.15. The van der Waals surface area contributed by atoms with Crippen LogP contribution in [0, 0.1) is 5.82 Å². The number of benzene rings is 2. The van der Waals surface area contributed by atoms with Gasteiger partial charge in [-0.2, -0.15) is 0 Å². The molecule has 2 aromatic carbocycles. The van der Waals surface area contributed by atoms with E-state index in [1.807, 2.05) is 36.4 Å². The average Bonchev–Trinajstić information content (AvgIpc) is 2.53. The average molecular weight is 277 g/mol. The minimum atomic E-state index is -0.265. The SMILES string of the molecule is O=Cc1cccc(/C=C/c2ccc3cc(F)ccc3n2)c1. The van der Waals surface area contributed by atoms with E-state index in [1.165, 1.54) is 12.1 Å². The monoisotopic (exact) mass is 277 g/mol. The molecule has 0 N–H and O–H groups in total. The molecule has 0 saturated heterocycles. The van der Waals surface area contributed by atoms with Crippen molar-refractivity contribution in [3.63, 3.8) is 0 Å². The smallest absolute Gasteiger partial charge is 0.150 e. The minimum absolute atomic E-state index is 0.265. The van der Waals surface area contributed by atoms with Gasteiger partial charge in [-0.15, -0.1) is 0 Å². The maximum absolute atomic E-state index is 13.1. The van der Waals surface area contributed by atoms with Crippen molar-refractivity contribution in [3.05, 3.63) is 77.2 Å². The number of pyridine rings is 1. The van der Waals surface area contributed by atoms with Crippen LogP contribution < -0.4 is 0 Å². The van der Waals surface area contributed by atoms with Gasteiger partial charge >= 0.3 is 0 Å². The van der Waals surface area contributed by atoms with E-state index in [4.69, 9.17) is 0 Å². The molecule has 0 aliphatic heterocycles. The molecule has 1 aromatic heterocycles. The van der Waals surface area contributed by atoms with Crippen LogP contribution in [-0.2, 0) is 0 Å². The number of aldehydes is 1. The van der Waals surface area contributed by atoms with Crippen LogP contribution in [0.1, 0.15) is 21.6 Å². The fourth-order valence-electron chi connectivity index (χ4n) is 2.12. The largest absolute Gasteiger partial charge is 0.298 e. The van der Waals surface area contributed by atoms with Gasteiger partial charge in [0.25, 0.3) is 0 Å². The normalized spacial score (nSPS) is 11.1. The maximum Gasteiger partial charge on any atom is 0.150 e. The van der Waals surface area contributed by atoms with Crippen molar-refractivity contribution in [2.24, 2.45) is 0 Å². The maximum atomic E-state index is 13.1. The number of carbonyl (C=O) groups is 1. The van der Waals surface area contributed by atoms with Crippen LogP contribution in [0.25, 0.3) is 23.1 Å². The van der Waals surface area contributed by atoms with Gasteiger partial charge in [0, 0.05) is 10.9 Å². The number of aromatic nitrogens is 1. The van der Waals surface area contributed by atoms with E-state index in [0.29, 0.717) is 5.56 Å². The zero-order valence-corrected chi connectivity index (χ0v) is 11.2. The molecule has 0 aliphatic rings. The molecule has 0 bridgehead atoms. The van der Waals surface area contributed by atoms with Crippen molar-refractivity contribution in [1.82, 2.24) is 4.98 Å². The van der Waals surface area contributed by atoms with E-state index < -0.39 is 0 Å². The molecule has 2 nitrogen and oxygen atoms in total. The molecule has 21 heavy (non-hydrogen) atoms. The first-order valence-corrected chi connectivity index (χ1v) is 6.54. The molecule has 0 unspecified atom stereocenters. The Labute approximate surface area is 121 Å². The number of rotatable bonds is 3. The fraction of sp³-hybridized carbons (Fsp3) is 0. The second kappa shape index (κ2) is 5.67. The van der Waals surface area contributed by atoms with Crippen LogP contribution in [0.2, 0.25) is 0 Å². The molecule has 3 rings (SSSR count). The summed E-state index contributed by atoms with van der Waals surface area (Å²) in [5, 5.41) is 0.773. The van der Waals surface area contributed by atoms with Crippen molar-refractivity contribution in [1.29, 1.82) is 0 Å². The molecule has 0 amide bonds. The number of hydrogen-bond donors (Lipinski definition) is 0. The zero-order chi connectivity index (χ0) is 14.7. The summed E-state index contributed by atoms with van der Waals surface area (Å²) in [7, 11) is 0. The molecular weight excluding hydrogens is 265 g/mol. The molecule has 0 fully saturated rings. The first-order valence-electron chi connectivity index (χ1n) is 6.54. The summed E-state index contributed by atoms with van der Waals surface area (Å²) in [4.78, 5) is 15.2. The van der Waals surface area contributed by atoms with Gasteiger partial charge in [0.1, 0.15) is 12.1 Å². The van der Waals surface area contributed by atoms with Gasteiger partial charge in [0.15, 0.2) is 0 Å². The third-order valence-corrected chi connectivity index (χ3v) is 3.17. The second-order valence-electron chi connectivity index (χ2n) is 4.69. The molecule has 3 aromatic rings. The summed E-state index contributed by atoms with van der Waals surface area (Å²) < 4.78 is 13.1. The molecule has 0 aliphatic carbocycles. The molecule has 0 radical (unpaired) electrons. The van der Waals surface area contributed by atoms with E-state index in [0.717, 1.165) is 28.4 Å². The standard InChI is InChI=1S/C18H12FNO/c19-16-6-9-18-15(11-16)5-8-17(20-18)7-4-13-2-1-3-14(10-13)12-21/h1-12H/b7-4+. The number of carbonyl (C=O) groups excluding carboxylic acids is 1. The Bertz CT molecular complexity index is 839. The van der Waals surface area contributed by atoms with E-state index >= 15 is 0 Å². The second-order valence-corrected chi connectivity index (χ2v) is 4.69. The van der Waals surface area contributed by atoms with E-state index in [-0.39, 0.29) is 5.82 Å². The number of nitrogens with zero attached hydrogens (tertiary/aromatic N) is 1. The van der Waals surface area contributed by atoms with E-state index in [9.17, 15) is 9.18 Å². The lowest BCUT2D eigenvalue weighted by atomic mass is 10.1. The highest BCUT2D eigenvalue weighted by Gasteiger charge is 1.98. The van der Waals surface area contributed by atoms with Crippen molar-refractivity contribution >= 4 is 29.3 Å². The highest BCUT2D eigenvalue weighted by molar-refractivity contribution is 5.81. The Kier molecular flexibility index (Phi) is 3.56. The predicted octanol–water partition coefficient (Wildman–Crippen LogP) is 4.36. The van der Waals surface area contributed by atoms with Gasteiger partial charge in [0.2, 0.25) is 0 Å². The summed E-state index contributed by atoms with van der Waals surface area (Å²) in [6, 6.07) is 15.5. The third kappa shape index (κ3) is 3.03. The van der Waals surface area contributed by atoms with Gasteiger partial charge in [-0.25, -0.2) is 9.37 Å². The van der Waals surface area contributed by atoms with Crippen molar-refractivity contribution in [3.8, 4) is 0 Å². The Balaban J connectivity index is 1.91. The Morgan fingerprint density at radius 1 is 0.905 bits per heavy atom. The van der Waals surface area contributed by atoms with Crippen molar-refractivity contribution in [2.45, 2.75) is 0 Å². The minimum Gasteiger partial charge on any atom is -0.298 e. The first-order chi connectivity index (χ1) is 10.2. The van der Waals surface area contributed by atoms with Crippen LogP contribution in [0.15, 0.2) is 54.6 Å². The molecule has 102 valence electrons. The summed E-state index contributed by atoms with van der Waals surface area (Å²) in [5.74, 6) is -0.265. The zero-order valence-electron chi connectivity index (χ0n) is 11.2. The molecule has 3 heteroatoms. The van der Waals surface area contributed by atoms with Crippen LogP contribution >= 0.6 is 0 Å². The fourth-order valence-corrected chi connectivity index (χ4v) is 2.12. The molecule has 0 saturated carbocycles. The molecule has 0 atom stereocenters. The summed E-state index contributed by atoms with van der Waals surface area (Å²) in [5.41, 5.74) is 3.10. The Morgan fingerprint density at radius 3 is 2.62 bits per heavy atom. The van der Waals surface area contributed by atoms with Crippen LogP contribution in [0.5, 0.6) is 0 Å². The molecular formula is C18H12FNO. The third-order valence-electron chi connectivity index (χ3n) is 3.17. The summed E-state index contributed by atoms with van der Waals surface area (Å²) >= 11 is 0. The van der Waals surface area contributed by atoms with Crippen molar-refractivity contribution in [2.75, 3.05) is 0 Å². The lowest BCUT2D eigenvalue weighted by Crippen LogP contribution is -1.85. The molecule has 0 spiro atoms.